The first-order valence-electron chi connectivity index (χ1n) is 5.82. The maximum atomic E-state index is 6.48. The summed E-state index contributed by atoms with van der Waals surface area (Å²) >= 11 is 13.4. The van der Waals surface area contributed by atoms with E-state index in [0.29, 0.717) is 0 Å². The SMILES string of the molecule is COc1ccc(C(Cl)Cc2cccc(Br)c2)cc1Br. The van der Waals surface area contributed by atoms with E-state index in [4.69, 9.17) is 16.3 Å². The second-order valence-corrected chi connectivity index (χ2v) is 6.49. The molecule has 0 N–H and O–H groups in total. The van der Waals surface area contributed by atoms with Gasteiger partial charge in [-0.2, -0.15) is 0 Å². The summed E-state index contributed by atoms with van der Waals surface area (Å²) in [5.41, 5.74) is 2.29. The molecule has 1 atom stereocenters. The van der Waals surface area contributed by atoms with Gasteiger partial charge < -0.3 is 4.74 Å². The first-order valence-corrected chi connectivity index (χ1v) is 7.84. The molecular formula is C15H13Br2ClO. The van der Waals surface area contributed by atoms with Gasteiger partial charge in [-0.25, -0.2) is 0 Å². The lowest BCUT2D eigenvalue weighted by Gasteiger charge is -2.12. The number of methoxy groups -OCH3 is 1. The van der Waals surface area contributed by atoms with Crippen LogP contribution in [0.3, 0.4) is 0 Å². The van der Waals surface area contributed by atoms with Crippen molar-refractivity contribution < 1.29 is 4.74 Å². The first kappa shape index (κ1) is 14.9. The molecule has 2 aromatic rings. The smallest absolute Gasteiger partial charge is 0.133 e. The normalized spacial score (nSPS) is 12.2. The molecule has 0 spiro atoms. The molecular weight excluding hydrogens is 391 g/mol. The molecule has 0 aliphatic carbocycles. The number of alkyl halides is 1. The highest BCUT2D eigenvalue weighted by Gasteiger charge is 2.11. The molecule has 0 bridgehead atoms. The Kier molecular flexibility index (Phi) is 5.31. The molecule has 0 amide bonds. The summed E-state index contributed by atoms with van der Waals surface area (Å²) in [6.45, 7) is 0. The minimum atomic E-state index is -0.0588. The third-order valence-corrected chi connectivity index (χ3v) is 4.36. The van der Waals surface area contributed by atoms with Crippen molar-refractivity contribution in [2.45, 2.75) is 11.8 Å². The van der Waals surface area contributed by atoms with Gasteiger partial charge in [-0.05, 0) is 57.7 Å². The van der Waals surface area contributed by atoms with Crippen LogP contribution in [0.5, 0.6) is 5.75 Å². The third kappa shape index (κ3) is 3.98. The molecule has 0 saturated heterocycles. The maximum Gasteiger partial charge on any atom is 0.133 e. The van der Waals surface area contributed by atoms with Crippen LogP contribution in [0, 0.1) is 0 Å². The van der Waals surface area contributed by atoms with Gasteiger partial charge in [-0.1, -0.05) is 34.1 Å². The van der Waals surface area contributed by atoms with Gasteiger partial charge in [0, 0.05) is 4.47 Å². The summed E-state index contributed by atoms with van der Waals surface area (Å²) in [4.78, 5) is 0. The Hall–Kier alpha value is -0.510. The molecule has 2 aromatic carbocycles. The fraction of sp³-hybridized carbons (Fsp3) is 0.200. The highest BCUT2D eigenvalue weighted by molar-refractivity contribution is 9.10. The van der Waals surface area contributed by atoms with Crippen molar-refractivity contribution in [1.29, 1.82) is 0 Å². The fourth-order valence-electron chi connectivity index (χ4n) is 1.87. The monoisotopic (exact) mass is 402 g/mol. The Labute approximate surface area is 135 Å². The van der Waals surface area contributed by atoms with Crippen molar-refractivity contribution in [2.75, 3.05) is 7.11 Å². The van der Waals surface area contributed by atoms with Gasteiger partial charge in [0.1, 0.15) is 5.75 Å². The number of hydrogen-bond acceptors (Lipinski definition) is 1. The van der Waals surface area contributed by atoms with E-state index in [1.807, 2.05) is 30.3 Å². The molecule has 0 aliphatic rings. The Morgan fingerprint density at radius 3 is 2.58 bits per heavy atom. The van der Waals surface area contributed by atoms with Crippen molar-refractivity contribution in [3.05, 3.63) is 62.5 Å². The van der Waals surface area contributed by atoms with E-state index in [-0.39, 0.29) is 5.38 Å². The molecule has 4 heteroatoms. The molecule has 0 aliphatic heterocycles. The Bertz CT molecular complexity index is 572. The van der Waals surface area contributed by atoms with Gasteiger partial charge in [0.2, 0.25) is 0 Å². The van der Waals surface area contributed by atoms with E-state index in [2.05, 4.69) is 44.0 Å². The average molecular weight is 405 g/mol. The summed E-state index contributed by atoms with van der Waals surface area (Å²) in [7, 11) is 1.65. The molecule has 19 heavy (non-hydrogen) atoms. The van der Waals surface area contributed by atoms with E-state index in [9.17, 15) is 0 Å². The van der Waals surface area contributed by atoms with E-state index in [1.165, 1.54) is 5.56 Å². The number of halogens is 3. The van der Waals surface area contributed by atoms with Crippen LogP contribution in [-0.4, -0.2) is 7.11 Å². The standard InChI is InChI=1S/C15H13Br2ClO/c1-19-15-6-5-11(9-13(15)17)14(18)8-10-3-2-4-12(16)7-10/h2-7,9,14H,8H2,1H3. The van der Waals surface area contributed by atoms with Gasteiger partial charge in [-0.3, -0.25) is 0 Å². The lowest BCUT2D eigenvalue weighted by Crippen LogP contribution is -1.97. The van der Waals surface area contributed by atoms with Gasteiger partial charge >= 0.3 is 0 Å². The zero-order valence-corrected chi connectivity index (χ0v) is 14.3. The van der Waals surface area contributed by atoms with Crippen LogP contribution in [0.1, 0.15) is 16.5 Å². The van der Waals surface area contributed by atoms with Crippen molar-refractivity contribution in [3.63, 3.8) is 0 Å². The highest BCUT2D eigenvalue weighted by Crippen LogP contribution is 2.32. The second-order valence-electron chi connectivity index (χ2n) is 4.20. The van der Waals surface area contributed by atoms with Crippen LogP contribution in [0.25, 0.3) is 0 Å². The number of benzene rings is 2. The average Bonchev–Trinajstić information content (AvgIpc) is 2.38. The minimum absolute atomic E-state index is 0.0588. The molecule has 0 aromatic heterocycles. The summed E-state index contributed by atoms with van der Waals surface area (Å²) in [6.07, 6.45) is 0.791. The van der Waals surface area contributed by atoms with Crippen LogP contribution in [0.2, 0.25) is 0 Å². The van der Waals surface area contributed by atoms with Crippen LogP contribution in [-0.2, 0) is 6.42 Å². The molecule has 0 heterocycles. The zero-order valence-electron chi connectivity index (χ0n) is 10.4. The van der Waals surface area contributed by atoms with Crippen LogP contribution >= 0.6 is 43.5 Å². The predicted octanol–water partition coefficient (Wildman–Crippen LogP) is 5.74. The Balaban J connectivity index is 2.15. The summed E-state index contributed by atoms with van der Waals surface area (Å²) in [6, 6.07) is 14.1. The zero-order chi connectivity index (χ0) is 13.8. The summed E-state index contributed by atoms with van der Waals surface area (Å²) in [5.74, 6) is 0.815. The van der Waals surface area contributed by atoms with Crippen LogP contribution in [0.4, 0.5) is 0 Å². The van der Waals surface area contributed by atoms with E-state index < -0.39 is 0 Å². The number of rotatable bonds is 4. The largest absolute Gasteiger partial charge is 0.496 e. The van der Waals surface area contributed by atoms with E-state index in [0.717, 1.165) is 26.7 Å². The lowest BCUT2D eigenvalue weighted by molar-refractivity contribution is 0.412. The Morgan fingerprint density at radius 1 is 1.16 bits per heavy atom. The number of ether oxygens (including phenoxy) is 1. The minimum Gasteiger partial charge on any atom is -0.496 e. The molecule has 1 nitrogen and oxygen atoms in total. The number of hydrogen-bond donors (Lipinski definition) is 0. The fourth-order valence-corrected chi connectivity index (χ4v) is 3.19. The van der Waals surface area contributed by atoms with Crippen LogP contribution in [0.15, 0.2) is 51.4 Å². The first-order chi connectivity index (χ1) is 9.10. The summed E-state index contributed by atoms with van der Waals surface area (Å²) in [5, 5.41) is -0.0588. The molecule has 1 unspecified atom stereocenters. The second kappa shape index (κ2) is 6.78. The van der Waals surface area contributed by atoms with Gasteiger partial charge in [0.15, 0.2) is 0 Å². The van der Waals surface area contributed by atoms with Crippen molar-refractivity contribution in [2.24, 2.45) is 0 Å². The van der Waals surface area contributed by atoms with Gasteiger partial charge in [0.25, 0.3) is 0 Å². The maximum absolute atomic E-state index is 6.48. The lowest BCUT2D eigenvalue weighted by atomic mass is 10.0. The van der Waals surface area contributed by atoms with Gasteiger partial charge in [-0.15, -0.1) is 11.6 Å². The summed E-state index contributed by atoms with van der Waals surface area (Å²) < 4.78 is 7.21. The Morgan fingerprint density at radius 2 is 1.95 bits per heavy atom. The topological polar surface area (TPSA) is 9.23 Å². The van der Waals surface area contributed by atoms with Crippen LogP contribution < -0.4 is 4.74 Å². The molecule has 0 fully saturated rings. The molecule has 0 radical (unpaired) electrons. The van der Waals surface area contributed by atoms with Crippen molar-refractivity contribution in [3.8, 4) is 5.75 Å². The molecule has 0 saturated carbocycles. The predicted molar refractivity (Wildman–Crippen MR) is 87.1 cm³/mol. The third-order valence-electron chi connectivity index (χ3n) is 2.84. The van der Waals surface area contributed by atoms with Crippen molar-refractivity contribution >= 4 is 43.5 Å². The highest BCUT2D eigenvalue weighted by atomic mass is 79.9. The van der Waals surface area contributed by atoms with Gasteiger partial charge in [0.05, 0.1) is 17.0 Å². The quantitative estimate of drug-likeness (QED) is 0.590. The molecule has 2 rings (SSSR count). The molecule has 100 valence electrons. The van der Waals surface area contributed by atoms with Crippen molar-refractivity contribution in [1.82, 2.24) is 0 Å². The van der Waals surface area contributed by atoms with E-state index in [1.54, 1.807) is 7.11 Å². The van der Waals surface area contributed by atoms with E-state index >= 15 is 0 Å².